The Hall–Kier alpha value is -1.48. The van der Waals surface area contributed by atoms with Gasteiger partial charge in [0.1, 0.15) is 16.9 Å². The first-order chi connectivity index (χ1) is 10.9. The summed E-state index contributed by atoms with van der Waals surface area (Å²) in [6.07, 6.45) is 6.22. The minimum Gasteiger partial charge on any atom is -0.494 e. The van der Waals surface area contributed by atoms with Crippen LogP contribution in [-0.4, -0.2) is 11.9 Å². The van der Waals surface area contributed by atoms with E-state index < -0.39 is 0 Å². The van der Waals surface area contributed by atoms with Crippen molar-refractivity contribution in [1.29, 1.82) is 0 Å². The maximum Gasteiger partial charge on any atom is 0.135 e. The van der Waals surface area contributed by atoms with Crippen molar-refractivity contribution in [2.75, 3.05) is 11.9 Å². The lowest BCUT2D eigenvalue weighted by atomic mass is 10.1. The summed E-state index contributed by atoms with van der Waals surface area (Å²) in [7, 11) is 0. The van der Waals surface area contributed by atoms with E-state index >= 15 is 0 Å². The Morgan fingerprint density at radius 2 is 1.59 bits per heavy atom. The number of halogens is 1. The Bertz CT molecular complexity index is 732. The largest absolute Gasteiger partial charge is 0.494 e. The number of alkyl halides is 1. The zero-order chi connectivity index (χ0) is 15.2. The highest BCUT2D eigenvalue weighted by Crippen LogP contribution is 2.31. The number of hydrogen-bond acceptors (Lipinski definition) is 2. The van der Waals surface area contributed by atoms with Crippen molar-refractivity contribution in [1.82, 2.24) is 0 Å². The molecule has 0 atom stereocenters. The quantitative estimate of drug-likeness (QED) is 0.346. The second-order valence-corrected chi connectivity index (χ2v) is 6.35. The van der Waals surface area contributed by atoms with Crippen LogP contribution in [0.25, 0.3) is 21.9 Å². The number of furan rings is 1. The molecule has 0 aliphatic rings. The van der Waals surface area contributed by atoms with Gasteiger partial charge in [0.05, 0.1) is 6.61 Å². The van der Waals surface area contributed by atoms with E-state index in [1.165, 1.54) is 25.7 Å². The van der Waals surface area contributed by atoms with Crippen LogP contribution in [0, 0.1) is 0 Å². The molecule has 116 valence electrons. The molecule has 1 aromatic heterocycles. The fourth-order valence-corrected chi connectivity index (χ4v) is 3.11. The van der Waals surface area contributed by atoms with E-state index in [1.807, 2.05) is 30.3 Å². The molecule has 3 heteroatoms. The number of rotatable bonds is 8. The van der Waals surface area contributed by atoms with Crippen LogP contribution in [-0.2, 0) is 0 Å². The summed E-state index contributed by atoms with van der Waals surface area (Å²) >= 11 is 3.46. The lowest BCUT2D eigenvalue weighted by molar-refractivity contribution is 0.305. The average Bonchev–Trinajstić information content (AvgIpc) is 2.92. The molecular weight excluding hydrogens is 340 g/mol. The van der Waals surface area contributed by atoms with Crippen molar-refractivity contribution in [2.24, 2.45) is 0 Å². The van der Waals surface area contributed by atoms with Crippen molar-refractivity contribution in [2.45, 2.75) is 32.1 Å². The smallest absolute Gasteiger partial charge is 0.135 e. The van der Waals surface area contributed by atoms with Crippen LogP contribution < -0.4 is 4.74 Å². The van der Waals surface area contributed by atoms with Gasteiger partial charge in [-0.05, 0) is 37.1 Å². The second-order valence-electron chi connectivity index (χ2n) is 5.56. The molecule has 0 fully saturated rings. The summed E-state index contributed by atoms with van der Waals surface area (Å²) in [5.74, 6) is 0.930. The van der Waals surface area contributed by atoms with E-state index in [2.05, 4.69) is 28.1 Å². The molecule has 0 aliphatic carbocycles. The molecule has 0 amide bonds. The Morgan fingerprint density at radius 3 is 2.50 bits per heavy atom. The molecule has 22 heavy (non-hydrogen) atoms. The molecule has 0 aliphatic heterocycles. The van der Waals surface area contributed by atoms with Gasteiger partial charge in [-0.15, -0.1) is 0 Å². The third-order valence-electron chi connectivity index (χ3n) is 3.89. The molecule has 0 spiro atoms. The number of para-hydroxylation sites is 1. The second kappa shape index (κ2) is 7.68. The summed E-state index contributed by atoms with van der Waals surface area (Å²) in [4.78, 5) is 0. The van der Waals surface area contributed by atoms with Gasteiger partial charge >= 0.3 is 0 Å². The van der Waals surface area contributed by atoms with Crippen LogP contribution in [0.1, 0.15) is 32.1 Å². The fourth-order valence-electron chi connectivity index (χ4n) is 2.71. The van der Waals surface area contributed by atoms with E-state index in [0.717, 1.165) is 46.0 Å². The minimum absolute atomic E-state index is 0.787. The van der Waals surface area contributed by atoms with Gasteiger partial charge in [0, 0.05) is 16.1 Å². The van der Waals surface area contributed by atoms with E-state index in [1.54, 1.807) is 0 Å². The number of hydrogen-bond donors (Lipinski definition) is 0. The van der Waals surface area contributed by atoms with Gasteiger partial charge in [0.15, 0.2) is 0 Å². The van der Waals surface area contributed by atoms with Gasteiger partial charge in [0.25, 0.3) is 0 Å². The first kappa shape index (κ1) is 15.4. The van der Waals surface area contributed by atoms with Crippen molar-refractivity contribution in [3.05, 3.63) is 42.5 Å². The molecule has 2 nitrogen and oxygen atoms in total. The molecule has 0 radical (unpaired) electrons. The van der Waals surface area contributed by atoms with Crippen LogP contribution in [0.3, 0.4) is 0 Å². The predicted molar refractivity (Wildman–Crippen MR) is 96.1 cm³/mol. The van der Waals surface area contributed by atoms with Crippen LogP contribution >= 0.6 is 15.9 Å². The molecule has 3 rings (SSSR count). The molecule has 1 heterocycles. The van der Waals surface area contributed by atoms with Crippen molar-refractivity contribution >= 4 is 37.9 Å². The van der Waals surface area contributed by atoms with Gasteiger partial charge in [-0.1, -0.05) is 53.4 Å². The molecular formula is C19H21BrO2. The molecule has 0 unspecified atom stereocenters. The SMILES string of the molecule is BrCCCCCCCOc1ccc2oc3ccccc3c2c1. The highest BCUT2D eigenvalue weighted by molar-refractivity contribution is 9.09. The van der Waals surface area contributed by atoms with E-state index in [4.69, 9.17) is 9.15 Å². The zero-order valence-corrected chi connectivity index (χ0v) is 14.3. The summed E-state index contributed by atoms with van der Waals surface area (Å²) < 4.78 is 11.7. The highest BCUT2D eigenvalue weighted by Gasteiger charge is 2.07. The van der Waals surface area contributed by atoms with E-state index in [0.29, 0.717) is 0 Å². The van der Waals surface area contributed by atoms with E-state index in [-0.39, 0.29) is 0 Å². The summed E-state index contributed by atoms with van der Waals surface area (Å²) in [6.45, 7) is 0.787. The van der Waals surface area contributed by atoms with Gasteiger partial charge in [-0.25, -0.2) is 0 Å². The summed E-state index contributed by atoms with van der Waals surface area (Å²) in [5.41, 5.74) is 1.85. The first-order valence-electron chi connectivity index (χ1n) is 7.98. The molecule has 2 aromatic carbocycles. The lowest BCUT2D eigenvalue weighted by Crippen LogP contribution is -1.97. The number of benzene rings is 2. The Morgan fingerprint density at radius 1 is 0.818 bits per heavy atom. The minimum atomic E-state index is 0.787. The average molecular weight is 361 g/mol. The summed E-state index contributed by atoms with van der Waals surface area (Å²) in [6, 6.07) is 14.2. The van der Waals surface area contributed by atoms with Crippen LogP contribution in [0.2, 0.25) is 0 Å². The fraction of sp³-hybridized carbons (Fsp3) is 0.368. The van der Waals surface area contributed by atoms with Gasteiger partial charge in [-0.3, -0.25) is 0 Å². The van der Waals surface area contributed by atoms with Crippen molar-refractivity contribution in [3.8, 4) is 5.75 Å². The Kier molecular flexibility index (Phi) is 5.38. The summed E-state index contributed by atoms with van der Waals surface area (Å²) in [5, 5.41) is 3.39. The molecule has 0 saturated carbocycles. The maximum atomic E-state index is 5.89. The zero-order valence-electron chi connectivity index (χ0n) is 12.7. The van der Waals surface area contributed by atoms with Gasteiger partial charge in [-0.2, -0.15) is 0 Å². The maximum absolute atomic E-state index is 5.89. The van der Waals surface area contributed by atoms with E-state index in [9.17, 15) is 0 Å². The number of unbranched alkanes of at least 4 members (excludes halogenated alkanes) is 4. The standard InChI is InChI=1S/C19H21BrO2/c20-12-6-2-1-3-7-13-21-15-10-11-19-17(14-15)16-8-4-5-9-18(16)22-19/h4-5,8-11,14H,1-3,6-7,12-13H2. The predicted octanol–water partition coefficient (Wildman–Crippen LogP) is 6.31. The van der Waals surface area contributed by atoms with Crippen molar-refractivity contribution < 1.29 is 9.15 Å². The molecule has 0 saturated heterocycles. The van der Waals surface area contributed by atoms with Gasteiger partial charge < -0.3 is 9.15 Å². The third kappa shape index (κ3) is 3.64. The third-order valence-corrected chi connectivity index (χ3v) is 4.46. The molecule has 0 N–H and O–H groups in total. The monoisotopic (exact) mass is 360 g/mol. The normalized spacial score (nSPS) is 11.3. The molecule has 3 aromatic rings. The number of fused-ring (bicyclic) bond motifs is 3. The van der Waals surface area contributed by atoms with Crippen molar-refractivity contribution in [3.63, 3.8) is 0 Å². The first-order valence-corrected chi connectivity index (χ1v) is 9.11. The highest BCUT2D eigenvalue weighted by atomic mass is 79.9. The Labute approximate surface area is 139 Å². The lowest BCUT2D eigenvalue weighted by Gasteiger charge is -2.06. The molecule has 0 bridgehead atoms. The van der Waals surface area contributed by atoms with Gasteiger partial charge in [0.2, 0.25) is 0 Å². The van der Waals surface area contributed by atoms with Crippen LogP contribution in [0.5, 0.6) is 5.75 Å². The van der Waals surface area contributed by atoms with Crippen LogP contribution in [0.15, 0.2) is 46.9 Å². The topological polar surface area (TPSA) is 22.4 Å². The number of ether oxygens (including phenoxy) is 1. The van der Waals surface area contributed by atoms with Crippen LogP contribution in [0.4, 0.5) is 0 Å². The Balaban J connectivity index is 1.59.